The molecule has 0 spiro atoms. The maximum atomic E-state index is 12.4. The van der Waals surface area contributed by atoms with E-state index in [2.05, 4.69) is 15.6 Å². The van der Waals surface area contributed by atoms with Gasteiger partial charge in [-0.05, 0) is 67.2 Å². The number of aromatic hydroxyl groups is 1. The smallest absolute Gasteiger partial charge is 0.258 e. The van der Waals surface area contributed by atoms with Crippen LogP contribution in [0.4, 0.5) is 5.69 Å². The average molecular weight is 472 g/mol. The molecule has 4 aromatic rings. The minimum absolute atomic E-state index is 0.0421. The third-order valence-corrected chi connectivity index (χ3v) is 5.18. The van der Waals surface area contributed by atoms with E-state index in [1.807, 2.05) is 25.1 Å². The predicted octanol–water partition coefficient (Wildman–Crippen LogP) is 5.94. The van der Waals surface area contributed by atoms with Gasteiger partial charge in [-0.15, -0.1) is 0 Å². The fraction of sp³-hybridized carbons (Fsp3) is 0.0455. The molecule has 0 saturated heterocycles. The van der Waals surface area contributed by atoms with Gasteiger partial charge < -0.3 is 14.8 Å². The van der Waals surface area contributed by atoms with Crippen LogP contribution < -0.4 is 10.6 Å². The van der Waals surface area contributed by atoms with Crippen LogP contribution in [0, 0.1) is 6.92 Å². The molecule has 1 amide bonds. The van der Waals surface area contributed by atoms with Crippen LogP contribution in [0.15, 0.2) is 59.0 Å². The molecule has 156 valence electrons. The first kappa shape index (κ1) is 21.1. The number of halogens is 2. The average Bonchev–Trinajstić information content (AvgIpc) is 3.10. The summed E-state index contributed by atoms with van der Waals surface area (Å²) in [5.74, 6) is -0.233. The number of amides is 1. The zero-order chi connectivity index (χ0) is 22.1. The Balaban J connectivity index is 1.48. The molecule has 3 N–H and O–H groups in total. The van der Waals surface area contributed by atoms with E-state index in [0.717, 1.165) is 5.56 Å². The topological polar surface area (TPSA) is 87.4 Å². The van der Waals surface area contributed by atoms with E-state index in [1.165, 1.54) is 18.2 Å². The number of aromatic nitrogens is 1. The summed E-state index contributed by atoms with van der Waals surface area (Å²) in [5.41, 5.74) is 3.53. The molecular weight excluding hydrogens is 457 g/mol. The van der Waals surface area contributed by atoms with Crippen LogP contribution in [0.1, 0.15) is 15.9 Å². The van der Waals surface area contributed by atoms with Crippen LogP contribution in [-0.4, -0.2) is 21.1 Å². The highest BCUT2D eigenvalue weighted by Crippen LogP contribution is 2.33. The maximum Gasteiger partial charge on any atom is 0.258 e. The second-order valence-electron chi connectivity index (χ2n) is 6.75. The van der Waals surface area contributed by atoms with Crippen LogP contribution in [0.3, 0.4) is 0 Å². The summed E-state index contributed by atoms with van der Waals surface area (Å²) >= 11 is 17.1. The highest BCUT2D eigenvalue weighted by atomic mass is 35.5. The Labute approximate surface area is 192 Å². The van der Waals surface area contributed by atoms with Gasteiger partial charge in [-0.2, -0.15) is 0 Å². The number of rotatable bonds is 3. The van der Waals surface area contributed by atoms with Crippen molar-refractivity contribution in [2.24, 2.45) is 0 Å². The molecule has 1 aromatic heterocycles. The SMILES string of the molecule is Cc1ccc2nc(-c3ccc(NC(=S)NC(=O)c4ccc(Cl)cc4Cl)cc3O)oc2c1. The first-order chi connectivity index (χ1) is 14.8. The molecule has 3 aromatic carbocycles. The van der Waals surface area contributed by atoms with Crippen LogP contribution in [-0.2, 0) is 0 Å². The van der Waals surface area contributed by atoms with Crippen molar-refractivity contribution in [1.82, 2.24) is 10.3 Å². The van der Waals surface area contributed by atoms with Crippen LogP contribution in [0.5, 0.6) is 5.75 Å². The van der Waals surface area contributed by atoms with Gasteiger partial charge in [0, 0.05) is 16.8 Å². The fourth-order valence-electron chi connectivity index (χ4n) is 2.94. The number of oxazole rings is 1. The second kappa shape index (κ2) is 8.55. The zero-order valence-electron chi connectivity index (χ0n) is 16.1. The number of anilines is 1. The number of carbonyl (C=O) groups excluding carboxylic acids is 1. The van der Waals surface area contributed by atoms with Crippen molar-refractivity contribution in [3.8, 4) is 17.2 Å². The van der Waals surface area contributed by atoms with E-state index in [-0.39, 0.29) is 21.4 Å². The summed E-state index contributed by atoms with van der Waals surface area (Å²) in [6.07, 6.45) is 0. The molecule has 0 atom stereocenters. The van der Waals surface area contributed by atoms with Crippen molar-refractivity contribution < 1.29 is 14.3 Å². The molecule has 0 bridgehead atoms. The van der Waals surface area contributed by atoms with Crippen molar-refractivity contribution >= 4 is 63.2 Å². The van der Waals surface area contributed by atoms with Crippen LogP contribution >= 0.6 is 35.4 Å². The van der Waals surface area contributed by atoms with Gasteiger partial charge in [-0.25, -0.2) is 4.98 Å². The molecular formula is C22H15Cl2N3O3S. The lowest BCUT2D eigenvalue weighted by Crippen LogP contribution is -2.34. The lowest BCUT2D eigenvalue weighted by molar-refractivity contribution is 0.0978. The number of phenolic OH excluding ortho intramolecular Hbond substituents is 1. The standard InChI is InChI=1S/C22H15Cl2N3O3S/c1-11-2-7-17-19(8-11)30-21(26-17)15-6-4-13(10-18(15)28)25-22(31)27-20(29)14-5-3-12(23)9-16(14)24/h2-10,28H,1H3,(H2,25,27,29,31). The Morgan fingerprint density at radius 1 is 1.10 bits per heavy atom. The molecule has 0 unspecified atom stereocenters. The summed E-state index contributed by atoms with van der Waals surface area (Å²) in [6.45, 7) is 1.96. The number of benzene rings is 3. The molecule has 31 heavy (non-hydrogen) atoms. The quantitative estimate of drug-likeness (QED) is 0.320. The highest BCUT2D eigenvalue weighted by molar-refractivity contribution is 7.80. The van der Waals surface area contributed by atoms with Gasteiger partial charge in [0.25, 0.3) is 5.91 Å². The number of nitrogens with one attached hydrogen (secondary N) is 2. The molecule has 0 aliphatic heterocycles. The van der Waals surface area contributed by atoms with Crippen LogP contribution in [0.25, 0.3) is 22.6 Å². The zero-order valence-corrected chi connectivity index (χ0v) is 18.4. The first-order valence-corrected chi connectivity index (χ1v) is 10.2. The number of phenols is 1. The summed E-state index contributed by atoms with van der Waals surface area (Å²) in [6, 6.07) is 15.0. The second-order valence-corrected chi connectivity index (χ2v) is 8.01. The minimum atomic E-state index is -0.484. The Morgan fingerprint density at radius 3 is 2.65 bits per heavy atom. The monoisotopic (exact) mass is 471 g/mol. The minimum Gasteiger partial charge on any atom is -0.507 e. The maximum absolute atomic E-state index is 12.4. The summed E-state index contributed by atoms with van der Waals surface area (Å²) < 4.78 is 5.76. The Kier molecular flexibility index (Phi) is 5.82. The van der Waals surface area contributed by atoms with Gasteiger partial charge in [0.05, 0.1) is 16.1 Å². The van der Waals surface area contributed by atoms with Gasteiger partial charge in [0.1, 0.15) is 11.3 Å². The number of carbonyl (C=O) groups is 1. The molecule has 6 nitrogen and oxygen atoms in total. The predicted molar refractivity (Wildman–Crippen MR) is 126 cm³/mol. The van der Waals surface area contributed by atoms with Gasteiger partial charge >= 0.3 is 0 Å². The van der Waals surface area contributed by atoms with Crippen molar-refractivity contribution in [1.29, 1.82) is 0 Å². The van der Waals surface area contributed by atoms with Gasteiger partial charge in [-0.3, -0.25) is 10.1 Å². The van der Waals surface area contributed by atoms with E-state index >= 15 is 0 Å². The third kappa shape index (κ3) is 4.64. The van der Waals surface area contributed by atoms with Gasteiger partial charge in [0.15, 0.2) is 10.7 Å². The van der Waals surface area contributed by atoms with E-state index in [0.29, 0.717) is 33.3 Å². The molecule has 4 rings (SSSR count). The molecule has 0 fully saturated rings. The third-order valence-electron chi connectivity index (χ3n) is 4.43. The van der Waals surface area contributed by atoms with E-state index in [9.17, 15) is 9.90 Å². The Morgan fingerprint density at radius 2 is 1.90 bits per heavy atom. The molecule has 0 saturated carbocycles. The van der Waals surface area contributed by atoms with Crippen molar-refractivity contribution in [3.63, 3.8) is 0 Å². The van der Waals surface area contributed by atoms with Crippen LogP contribution in [0.2, 0.25) is 10.0 Å². The van der Waals surface area contributed by atoms with E-state index < -0.39 is 5.91 Å². The lowest BCUT2D eigenvalue weighted by Gasteiger charge is -2.11. The largest absolute Gasteiger partial charge is 0.507 e. The normalized spacial score (nSPS) is 10.8. The molecule has 0 radical (unpaired) electrons. The number of hydrogen-bond acceptors (Lipinski definition) is 5. The van der Waals surface area contributed by atoms with Gasteiger partial charge in [0.2, 0.25) is 5.89 Å². The van der Waals surface area contributed by atoms with E-state index in [4.69, 9.17) is 39.8 Å². The number of aryl methyl sites for hydroxylation is 1. The number of nitrogens with zero attached hydrogens (tertiary/aromatic N) is 1. The first-order valence-electron chi connectivity index (χ1n) is 9.08. The molecule has 1 heterocycles. The highest BCUT2D eigenvalue weighted by Gasteiger charge is 2.15. The fourth-order valence-corrected chi connectivity index (χ4v) is 3.65. The van der Waals surface area contributed by atoms with Crippen molar-refractivity contribution in [2.45, 2.75) is 6.92 Å². The molecule has 9 heteroatoms. The summed E-state index contributed by atoms with van der Waals surface area (Å²) in [4.78, 5) is 16.8. The van der Waals surface area contributed by atoms with E-state index in [1.54, 1.807) is 18.2 Å². The number of hydrogen-bond donors (Lipinski definition) is 3. The number of fused-ring (bicyclic) bond motifs is 1. The number of thiocarbonyl (C=S) groups is 1. The van der Waals surface area contributed by atoms with Crippen molar-refractivity contribution in [2.75, 3.05) is 5.32 Å². The molecule has 0 aliphatic carbocycles. The van der Waals surface area contributed by atoms with Gasteiger partial charge in [-0.1, -0.05) is 29.3 Å². The lowest BCUT2D eigenvalue weighted by atomic mass is 10.2. The summed E-state index contributed by atoms with van der Waals surface area (Å²) in [7, 11) is 0. The van der Waals surface area contributed by atoms with Crippen molar-refractivity contribution in [3.05, 3.63) is 75.8 Å². The Bertz CT molecular complexity index is 1340. The Hall–Kier alpha value is -3.13. The summed E-state index contributed by atoms with van der Waals surface area (Å²) in [5, 5.41) is 16.5. The molecule has 0 aliphatic rings.